The number of hydrogen-bond acceptors (Lipinski definition) is 5. The number of aromatic hydroxyl groups is 3. The number of benzene rings is 1. The third-order valence-electron chi connectivity index (χ3n) is 3.14. The van der Waals surface area contributed by atoms with E-state index in [-0.39, 0.29) is 23.5 Å². The number of hydrogen-bond donors (Lipinski definition) is 5. The van der Waals surface area contributed by atoms with Crippen LogP contribution in [0.2, 0.25) is 0 Å². The van der Waals surface area contributed by atoms with Crippen LogP contribution in [0.3, 0.4) is 0 Å². The monoisotopic (exact) mass is 269 g/mol. The molecule has 0 unspecified atom stereocenters. The summed E-state index contributed by atoms with van der Waals surface area (Å²) in [6, 6.07) is 2.92. The summed E-state index contributed by atoms with van der Waals surface area (Å²) in [7, 11) is 0. The minimum atomic E-state index is -0.487. The van der Waals surface area contributed by atoms with Crippen LogP contribution in [0.15, 0.2) is 12.1 Å². The Kier molecular flexibility index (Phi) is 5.44. The van der Waals surface area contributed by atoms with Crippen LogP contribution < -0.4 is 5.32 Å². The Morgan fingerprint density at radius 3 is 2.42 bits per heavy atom. The lowest BCUT2D eigenvalue weighted by Gasteiger charge is -2.24. The Morgan fingerprint density at radius 2 is 1.79 bits per heavy atom. The van der Waals surface area contributed by atoms with Gasteiger partial charge in [0.25, 0.3) is 0 Å². The van der Waals surface area contributed by atoms with E-state index in [2.05, 4.69) is 19.2 Å². The molecular weight excluding hydrogens is 246 g/mol. The zero-order valence-corrected chi connectivity index (χ0v) is 11.5. The molecule has 0 saturated carbocycles. The van der Waals surface area contributed by atoms with E-state index in [4.69, 9.17) is 5.11 Å². The molecule has 0 heterocycles. The highest BCUT2D eigenvalue weighted by molar-refractivity contribution is 5.52. The van der Waals surface area contributed by atoms with Crippen LogP contribution in [0.1, 0.15) is 32.3 Å². The quantitative estimate of drug-likeness (QED) is 0.486. The van der Waals surface area contributed by atoms with Gasteiger partial charge in [0, 0.05) is 25.3 Å². The summed E-state index contributed by atoms with van der Waals surface area (Å²) in [6.07, 6.45) is 1.67. The van der Waals surface area contributed by atoms with Crippen LogP contribution in [-0.4, -0.2) is 33.6 Å². The van der Waals surface area contributed by atoms with Crippen LogP contribution in [0.25, 0.3) is 0 Å². The van der Waals surface area contributed by atoms with Gasteiger partial charge >= 0.3 is 0 Å². The molecule has 19 heavy (non-hydrogen) atoms. The second kappa shape index (κ2) is 6.63. The average molecular weight is 269 g/mol. The minimum Gasteiger partial charge on any atom is -0.504 e. The summed E-state index contributed by atoms with van der Waals surface area (Å²) in [5.74, 6) is -1.11. The Morgan fingerprint density at radius 1 is 1.11 bits per heavy atom. The Hall–Kier alpha value is -1.46. The molecule has 1 rings (SSSR count). The molecule has 0 bridgehead atoms. The summed E-state index contributed by atoms with van der Waals surface area (Å²) in [4.78, 5) is 0. The molecule has 5 nitrogen and oxygen atoms in total. The summed E-state index contributed by atoms with van der Waals surface area (Å²) < 4.78 is 0. The lowest BCUT2D eigenvalue weighted by molar-refractivity contribution is 0.236. The van der Waals surface area contributed by atoms with Gasteiger partial charge in [-0.2, -0.15) is 0 Å². The second-order valence-corrected chi connectivity index (χ2v) is 5.54. The van der Waals surface area contributed by atoms with E-state index in [1.54, 1.807) is 6.07 Å². The highest BCUT2D eigenvalue weighted by atomic mass is 16.3. The molecule has 0 atom stereocenters. The van der Waals surface area contributed by atoms with Crippen molar-refractivity contribution in [2.45, 2.75) is 33.2 Å². The van der Waals surface area contributed by atoms with E-state index in [0.29, 0.717) is 12.1 Å². The largest absolute Gasteiger partial charge is 0.504 e. The highest BCUT2D eigenvalue weighted by Crippen LogP contribution is 2.36. The molecule has 5 heteroatoms. The van der Waals surface area contributed by atoms with Gasteiger partial charge in [-0.15, -0.1) is 0 Å². The molecule has 1 aromatic carbocycles. The second-order valence-electron chi connectivity index (χ2n) is 5.54. The van der Waals surface area contributed by atoms with E-state index < -0.39 is 5.75 Å². The van der Waals surface area contributed by atoms with Gasteiger partial charge < -0.3 is 25.7 Å². The predicted molar refractivity (Wildman–Crippen MR) is 73.2 cm³/mol. The van der Waals surface area contributed by atoms with Gasteiger partial charge in [-0.3, -0.25) is 0 Å². The van der Waals surface area contributed by atoms with Crippen molar-refractivity contribution in [1.29, 1.82) is 0 Å². The number of phenolic OH excluding ortho intramolecular Hbond substituents is 3. The van der Waals surface area contributed by atoms with E-state index >= 15 is 0 Å². The Bertz CT molecular complexity index is 418. The van der Waals surface area contributed by atoms with Gasteiger partial charge in [0.15, 0.2) is 11.5 Å². The predicted octanol–water partition coefficient (Wildman–Crippen LogP) is 1.69. The smallest absolute Gasteiger partial charge is 0.200 e. The van der Waals surface area contributed by atoms with E-state index in [9.17, 15) is 15.3 Å². The fourth-order valence-electron chi connectivity index (χ4n) is 1.93. The van der Waals surface area contributed by atoms with E-state index in [1.807, 2.05) is 0 Å². The molecule has 0 spiro atoms. The van der Waals surface area contributed by atoms with E-state index in [0.717, 1.165) is 19.4 Å². The molecule has 1 aromatic rings. The van der Waals surface area contributed by atoms with Gasteiger partial charge in [0.1, 0.15) is 0 Å². The molecule has 0 aromatic heterocycles. The van der Waals surface area contributed by atoms with Crippen molar-refractivity contribution in [3.63, 3.8) is 0 Å². The maximum atomic E-state index is 9.67. The van der Waals surface area contributed by atoms with E-state index in [1.165, 1.54) is 6.07 Å². The van der Waals surface area contributed by atoms with Gasteiger partial charge in [-0.1, -0.05) is 19.9 Å². The first-order chi connectivity index (χ1) is 8.87. The number of phenols is 3. The molecular formula is C14H23NO4. The van der Waals surface area contributed by atoms with Gasteiger partial charge in [-0.05, 0) is 24.3 Å². The molecule has 0 radical (unpaired) electrons. The summed E-state index contributed by atoms with van der Waals surface area (Å²) >= 11 is 0. The van der Waals surface area contributed by atoms with Crippen molar-refractivity contribution in [2.75, 3.05) is 13.2 Å². The van der Waals surface area contributed by atoms with Crippen molar-refractivity contribution in [3.05, 3.63) is 17.7 Å². The fraction of sp³-hybridized carbons (Fsp3) is 0.571. The number of nitrogens with one attached hydrogen (secondary N) is 1. The van der Waals surface area contributed by atoms with Crippen LogP contribution >= 0.6 is 0 Å². The zero-order valence-electron chi connectivity index (χ0n) is 11.5. The van der Waals surface area contributed by atoms with Crippen LogP contribution in [0.5, 0.6) is 17.2 Å². The number of rotatable bonds is 7. The number of aliphatic hydroxyl groups excluding tert-OH is 1. The highest BCUT2D eigenvalue weighted by Gasteiger charge is 2.17. The van der Waals surface area contributed by atoms with Crippen molar-refractivity contribution in [1.82, 2.24) is 5.32 Å². The van der Waals surface area contributed by atoms with Crippen LogP contribution in [0, 0.1) is 5.41 Å². The maximum Gasteiger partial charge on any atom is 0.200 e. The number of aliphatic hydroxyl groups is 1. The molecule has 0 aliphatic heterocycles. The Balaban J connectivity index is 2.52. The third kappa shape index (κ3) is 4.61. The topological polar surface area (TPSA) is 93.0 Å². The normalized spacial score (nSPS) is 11.7. The van der Waals surface area contributed by atoms with Crippen molar-refractivity contribution in [2.24, 2.45) is 5.41 Å². The standard InChI is InChI=1S/C14H23NO4/c1-14(2,6-3-7-16)9-15-8-10-4-5-11(17)13(19)12(10)18/h4-5,15-19H,3,6-9H2,1-2H3. The first-order valence-corrected chi connectivity index (χ1v) is 6.42. The zero-order chi connectivity index (χ0) is 14.5. The first kappa shape index (κ1) is 15.6. The molecule has 0 aliphatic carbocycles. The van der Waals surface area contributed by atoms with Gasteiger partial charge in [0.2, 0.25) is 5.75 Å². The third-order valence-corrected chi connectivity index (χ3v) is 3.14. The molecule has 0 amide bonds. The lowest BCUT2D eigenvalue weighted by Crippen LogP contribution is -2.29. The van der Waals surface area contributed by atoms with Crippen molar-refractivity contribution in [3.8, 4) is 17.2 Å². The molecule has 0 saturated heterocycles. The minimum absolute atomic E-state index is 0.0529. The molecule has 108 valence electrons. The van der Waals surface area contributed by atoms with Crippen molar-refractivity contribution >= 4 is 0 Å². The maximum absolute atomic E-state index is 9.67. The lowest BCUT2D eigenvalue weighted by atomic mass is 9.88. The summed E-state index contributed by atoms with van der Waals surface area (Å²) in [6.45, 7) is 5.53. The molecule has 0 fully saturated rings. The fourth-order valence-corrected chi connectivity index (χ4v) is 1.93. The SMILES string of the molecule is CC(C)(CCCO)CNCc1ccc(O)c(O)c1O. The first-order valence-electron chi connectivity index (χ1n) is 6.42. The van der Waals surface area contributed by atoms with Gasteiger partial charge in [0.05, 0.1) is 0 Å². The van der Waals surface area contributed by atoms with Gasteiger partial charge in [-0.25, -0.2) is 0 Å². The summed E-state index contributed by atoms with van der Waals surface area (Å²) in [5.41, 5.74) is 0.588. The van der Waals surface area contributed by atoms with Crippen molar-refractivity contribution < 1.29 is 20.4 Å². The Labute approximate surface area is 113 Å². The molecule has 0 aliphatic rings. The van der Waals surface area contributed by atoms with Crippen LogP contribution in [0.4, 0.5) is 0 Å². The summed E-state index contributed by atoms with van der Waals surface area (Å²) in [5, 5.41) is 40.3. The van der Waals surface area contributed by atoms with Crippen LogP contribution in [-0.2, 0) is 6.54 Å². The molecule has 5 N–H and O–H groups in total. The average Bonchev–Trinajstić information content (AvgIpc) is 2.36.